The molecule has 2 aromatic carbocycles. The summed E-state index contributed by atoms with van der Waals surface area (Å²) in [6, 6.07) is 13.0. The second-order valence-electron chi connectivity index (χ2n) is 8.20. The van der Waals surface area contributed by atoms with Gasteiger partial charge in [0.05, 0.1) is 25.5 Å². The van der Waals surface area contributed by atoms with Crippen LogP contribution in [0.5, 0.6) is 17.2 Å². The fourth-order valence-electron chi connectivity index (χ4n) is 4.81. The standard InChI is InChI=1S/C25H24N2O5/c1-13-22-23(15-5-4-6-17(9-15)30-2)24-18(26-25(22)32-27-13)10-16(11-20(24)29)14-7-8-19(28)21(12-14)31-3/h4-9,12,16,23,26,28H,10-11H2,1-3H3/t16-,23-/m0/s1. The third-order valence-corrected chi connectivity index (χ3v) is 6.36. The van der Waals surface area contributed by atoms with E-state index in [2.05, 4.69) is 10.5 Å². The number of aromatic hydroxyl groups is 1. The number of fused-ring (bicyclic) bond motifs is 1. The molecule has 2 heterocycles. The van der Waals surface area contributed by atoms with Crippen LogP contribution in [0.3, 0.4) is 0 Å². The number of phenolic OH excluding ortho intramolecular Hbond substituents is 1. The highest BCUT2D eigenvalue weighted by molar-refractivity contribution is 6.01. The molecule has 0 fully saturated rings. The molecule has 2 aliphatic rings. The van der Waals surface area contributed by atoms with Crippen molar-refractivity contribution in [1.29, 1.82) is 0 Å². The number of rotatable bonds is 4. The minimum absolute atomic E-state index is 0.0419. The molecular weight excluding hydrogens is 408 g/mol. The first-order valence-electron chi connectivity index (χ1n) is 10.5. The van der Waals surface area contributed by atoms with Gasteiger partial charge >= 0.3 is 0 Å². The first-order chi connectivity index (χ1) is 15.5. The predicted octanol–water partition coefficient (Wildman–Crippen LogP) is 4.66. The van der Waals surface area contributed by atoms with Gasteiger partial charge in [0, 0.05) is 23.6 Å². The van der Waals surface area contributed by atoms with E-state index in [1.807, 2.05) is 37.3 Å². The number of methoxy groups -OCH3 is 2. The molecule has 0 spiro atoms. The lowest BCUT2D eigenvalue weighted by molar-refractivity contribution is -0.116. The minimum Gasteiger partial charge on any atom is -0.504 e. The molecule has 164 valence electrons. The molecule has 0 amide bonds. The van der Waals surface area contributed by atoms with Crippen LogP contribution in [-0.4, -0.2) is 30.3 Å². The number of benzene rings is 2. The molecule has 7 heteroatoms. The number of nitrogens with one attached hydrogen (secondary N) is 1. The Morgan fingerprint density at radius 3 is 2.72 bits per heavy atom. The normalized spacial score (nSPS) is 19.8. The van der Waals surface area contributed by atoms with Gasteiger partial charge in [-0.15, -0.1) is 0 Å². The molecule has 0 radical (unpaired) electrons. The van der Waals surface area contributed by atoms with Crippen LogP contribution in [0.25, 0.3) is 0 Å². The Labute approximate surface area is 185 Å². The highest BCUT2D eigenvalue weighted by Gasteiger charge is 2.41. The summed E-state index contributed by atoms with van der Waals surface area (Å²) in [7, 11) is 3.14. The quantitative estimate of drug-likeness (QED) is 0.619. The summed E-state index contributed by atoms with van der Waals surface area (Å²) < 4.78 is 16.3. The topological polar surface area (TPSA) is 93.8 Å². The van der Waals surface area contributed by atoms with Crippen molar-refractivity contribution in [2.75, 3.05) is 19.5 Å². The lowest BCUT2D eigenvalue weighted by Crippen LogP contribution is -2.29. The van der Waals surface area contributed by atoms with Gasteiger partial charge in [0.25, 0.3) is 0 Å². The Kier molecular flexibility index (Phi) is 4.89. The molecule has 7 nitrogen and oxygen atoms in total. The Morgan fingerprint density at radius 2 is 1.94 bits per heavy atom. The molecule has 1 aliphatic carbocycles. The number of hydrogen-bond acceptors (Lipinski definition) is 7. The van der Waals surface area contributed by atoms with Crippen molar-refractivity contribution in [3.05, 3.63) is 76.1 Å². The van der Waals surface area contributed by atoms with E-state index in [4.69, 9.17) is 14.0 Å². The Hall–Kier alpha value is -3.74. The summed E-state index contributed by atoms with van der Waals surface area (Å²) in [5.41, 5.74) is 5.14. The van der Waals surface area contributed by atoms with Crippen molar-refractivity contribution < 1.29 is 23.9 Å². The van der Waals surface area contributed by atoms with E-state index in [-0.39, 0.29) is 23.4 Å². The van der Waals surface area contributed by atoms with Crippen molar-refractivity contribution >= 4 is 11.7 Å². The van der Waals surface area contributed by atoms with Crippen LogP contribution in [-0.2, 0) is 4.79 Å². The maximum absolute atomic E-state index is 13.6. The summed E-state index contributed by atoms with van der Waals surface area (Å²) in [5.74, 6) is 1.55. The van der Waals surface area contributed by atoms with Crippen LogP contribution in [0.2, 0.25) is 0 Å². The maximum atomic E-state index is 13.6. The number of ether oxygens (including phenoxy) is 2. The van der Waals surface area contributed by atoms with E-state index < -0.39 is 0 Å². The lowest BCUT2D eigenvalue weighted by atomic mass is 9.72. The van der Waals surface area contributed by atoms with Gasteiger partial charge in [-0.2, -0.15) is 0 Å². The maximum Gasteiger partial charge on any atom is 0.233 e. The fraction of sp³-hybridized carbons (Fsp3) is 0.280. The van der Waals surface area contributed by atoms with Crippen molar-refractivity contribution in [3.63, 3.8) is 0 Å². The number of carbonyl (C=O) groups excluding carboxylic acids is 1. The van der Waals surface area contributed by atoms with Crippen molar-refractivity contribution in [1.82, 2.24) is 5.16 Å². The molecule has 3 aromatic rings. The van der Waals surface area contributed by atoms with E-state index in [1.54, 1.807) is 19.2 Å². The highest BCUT2D eigenvalue weighted by atomic mass is 16.5. The SMILES string of the molecule is COc1cccc([C@@H]2C3=C(C[C@H](c4ccc(O)c(OC)c4)CC3=O)Nc3onc(C)c32)c1. The van der Waals surface area contributed by atoms with Gasteiger partial charge in [0.2, 0.25) is 5.88 Å². The third-order valence-electron chi connectivity index (χ3n) is 6.36. The summed E-state index contributed by atoms with van der Waals surface area (Å²) in [5, 5.41) is 17.4. The molecule has 2 N–H and O–H groups in total. The zero-order chi connectivity index (χ0) is 22.4. The zero-order valence-electron chi connectivity index (χ0n) is 18.1. The van der Waals surface area contributed by atoms with Crippen molar-refractivity contribution in [2.45, 2.75) is 31.6 Å². The first-order valence-corrected chi connectivity index (χ1v) is 10.5. The molecule has 0 bridgehead atoms. The molecule has 1 aliphatic heterocycles. The fourth-order valence-corrected chi connectivity index (χ4v) is 4.81. The number of nitrogens with zero attached hydrogens (tertiary/aromatic N) is 1. The molecule has 1 aromatic heterocycles. The van der Waals surface area contributed by atoms with Gasteiger partial charge in [-0.25, -0.2) is 0 Å². The van der Waals surface area contributed by atoms with Crippen LogP contribution >= 0.6 is 0 Å². The second-order valence-corrected chi connectivity index (χ2v) is 8.20. The summed E-state index contributed by atoms with van der Waals surface area (Å²) >= 11 is 0. The first kappa shape index (κ1) is 20.2. The second kappa shape index (κ2) is 7.75. The summed E-state index contributed by atoms with van der Waals surface area (Å²) in [6.45, 7) is 1.89. The summed E-state index contributed by atoms with van der Waals surface area (Å²) in [4.78, 5) is 13.6. The third kappa shape index (κ3) is 3.21. The van der Waals surface area contributed by atoms with Crippen LogP contribution in [0, 0.1) is 6.92 Å². The van der Waals surface area contributed by atoms with Gasteiger partial charge in [-0.1, -0.05) is 23.4 Å². The van der Waals surface area contributed by atoms with Crippen molar-refractivity contribution in [2.24, 2.45) is 0 Å². The van der Waals surface area contributed by atoms with E-state index >= 15 is 0 Å². The largest absolute Gasteiger partial charge is 0.504 e. The number of hydrogen-bond donors (Lipinski definition) is 2. The highest BCUT2D eigenvalue weighted by Crippen LogP contribution is 2.49. The van der Waals surface area contributed by atoms with E-state index in [9.17, 15) is 9.90 Å². The summed E-state index contributed by atoms with van der Waals surface area (Å²) in [6.07, 6.45) is 1.00. The van der Waals surface area contributed by atoms with Crippen LogP contribution in [0.15, 0.2) is 58.3 Å². The van der Waals surface area contributed by atoms with Crippen molar-refractivity contribution in [3.8, 4) is 17.2 Å². The smallest absolute Gasteiger partial charge is 0.233 e. The minimum atomic E-state index is -0.273. The molecule has 0 saturated carbocycles. The number of aromatic nitrogens is 1. The van der Waals surface area contributed by atoms with Crippen LogP contribution in [0.4, 0.5) is 5.88 Å². The van der Waals surface area contributed by atoms with E-state index in [0.29, 0.717) is 24.5 Å². The molecule has 0 unspecified atom stereocenters. The Morgan fingerprint density at radius 1 is 1.09 bits per heavy atom. The molecular formula is C25H24N2O5. The van der Waals surface area contributed by atoms with Gasteiger partial charge in [-0.05, 0) is 54.7 Å². The molecule has 32 heavy (non-hydrogen) atoms. The Bertz CT molecular complexity index is 1240. The number of ketones is 1. The van der Waals surface area contributed by atoms with Gasteiger partial charge in [-0.3, -0.25) is 4.79 Å². The van der Waals surface area contributed by atoms with Gasteiger partial charge in [0.1, 0.15) is 5.75 Å². The zero-order valence-corrected chi connectivity index (χ0v) is 18.1. The Balaban J connectivity index is 1.60. The monoisotopic (exact) mass is 432 g/mol. The number of aryl methyl sites for hydroxylation is 1. The molecule has 2 atom stereocenters. The predicted molar refractivity (Wildman–Crippen MR) is 118 cm³/mol. The van der Waals surface area contributed by atoms with Crippen LogP contribution < -0.4 is 14.8 Å². The average molecular weight is 432 g/mol. The van der Waals surface area contributed by atoms with Crippen LogP contribution in [0.1, 0.15) is 47.1 Å². The molecule has 0 saturated heterocycles. The number of carbonyl (C=O) groups is 1. The lowest BCUT2D eigenvalue weighted by Gasteiger charge is -2.34. The van der Waals surface area contributed by atoms with E-state index in [1.165, 1.54) is 7.11 Å². The van der Waals surface area contributed by atoms with Gasteiger partial charge in [0.15, 0.2) is 17.3 Å². The number of anilines is 1. The molecule has 5 rings (SSSR count). The average Bonchev–Trinajstić information content (AvgIpc) is 3.18. The number of Topliss-reactive ketones (excluding diaryl/α,β-unsaturated/α-hetero) is 1. The number of allylic oxidation sites excluding steroid dienone is 2. The number of phenols is 1. The van der Waals surface area contributed by atoms with E-state index in [0.717, 1.165) is 39.4 Å². The van der Waals surface area contributed by atoms with Gasteiger partial charge < -0.3 is 24.4 Å².